The Morgan fingerprint density at radius 3 is 2.56 bits per heavy atom. The quantitative estimate of drug-likeness (QED) is 0.112. The number of carbonyl (C=O) groups excluding carboxylic acids is 2. The van der Waals surface area contributed by atoms with Crippen LogP contribution >= 0.6 is 54.5 Å². The van der Waals surface area contributed by atoms with Crippen molar-refractivity contribution in [2.24, 2.45) is 5.10 Å². The van der Waals surface area contributed by atoms with Crippen molar-refractivity contribution < 1.29 is 19.1 Å². The molecule has 0 saturated heterocycles. The first-order chi connectivity index (χ1) is 15.3. The molecule has 1 amide bonds. The van der Waals surface area contributed by atoms with E-state index in [0.717, 1.165) is 13.6 Å². The average Bonchev–Trinajstić information content (AvgIpc) is 2.75. The van der Waals surface area contributed by atoms with Crippen molar-refractivity contribution in [3.8, 4) is 11.5 Å². The molecule has 0 saturated carbocycles. The summed E-state index contributed by atoms with van der Waals surface area (Å²) in [6.45, 7) is 1.72. The van der Waals surface area contributed by atoms with Crippen molar-refractivity contribution in [2.75, 3.05) is 6.61 Å². The predicted molar refractivity (Wildman–Crippen MR) is 138 cm³/mol. The second-order valence-corrected chi connectivity index (χ2v) is 9.45. The molecule has 0 fully saturated rings. The van der Waals surface area contributed by atoms with Gasteiger partial charge < -0.3 is 9.47 Å². The summed E-state index contributed by atoms with van der Waals surface area (Å²) in [5.41, 5.74) is 4.29. The van der Waals surface area contributed by atoms with Gasteiger partial charge in [0.1, 0.15) is 5.75 Å². The maximum absolute atomic E-state index is 12.7. The summed E-state index contributed by atoms with van der Waals surface area (Å²) in [4.78, 5) is 24.7. The molecule has 6 nitrogen and oxygen atoms in total. The number of hydrogen-bond acceptors (Lipinski definition) is 5. The van der Waals surface area contributed by atoms with Crippen LogP contribution in [0.5, 0.6) is 11.5 Å². The van der Waals surface area contributed by atoms with E-state index in [1.54, 1.807) is 30.3 Å². The summed E-state index contributed by atoms with van der Waals surface area (Å²) in [5.74, 6) is -0.00130. The Balaban J connectivity index is 1.70. The topological polar surface area (TPSA) is 77.0 Å². The number of para-hydroxylation sites is 1. The molecule has 164 valence electrons. The van der Waals surface area contributed by atoms with E-state index in [4.69, 9.17) is 9.47 Å². The van der Waals surface area contributed by atoms with Crippen molar-refractivity contribution in [3.63, 3.8) is 0 Å². The van der Waals surface area contributed by atoms with Crippen LogP contribution in [0.2, 0.25) is 0 Å². The van der Waals surface area contributed by atoms with Gasteiger partial charge in [-0.1, -0.05) is 46.3 Å². The van der Waals surface area contributed by atoms with Crippen molar-refractivity contribution in [3.05, 3.63) is 89.9 Å². The van der Waals surface area contributed by atoms with Gasteiger partial charge in [-0.2, -0.15) is 5.10 Å². The molecule has 3 rings (SSSR count). The molecule has 32 heavy (non-hydrogen) atoms. The SMILES string of the molecule is Cc1ccccc1OCC(=O)NN=Cc1cc(Br)cc(Br)c1OC(=O)c1ccccc1I. The summed E-state index contributed by atoms with van der Waals surface area (Å²) in [5, 5.41) is 3.98. The fourth-order valence-electron chi connectivity index (χ4n) is 2.63. The lowest BCUT2D eigenvalue weighted by molar-refractivity contribution is -0.123. The normalized spacial score (nSPS) is 10.8. The van der Waals surface area contributed by atoms with Gasteiger partial charge >= 0.3 is 5.97 Å². The maximum atomic E-state index is 12.7. The standard InChI is InChI=1S/C23H17Br2IN2O4/c1-14-6-2-5-9-20(14)31-13-21(29)28-27-12-15-10-16(24)11-18(25)22(15)32-23(30)17-7-3-4-8-19(17)26/h2-12H,13H2,1H3,(H,28,29). The number of esters is 1. The first-order valence-corrected chi connectivity index (χ1v) is 12.0. The highest BCUT2D eigenvalue weighted by atomic mass is 127. The van der Waals surface area contributed by atoms with Gasteiger partial charge in [0.15, 0.2) is 12.4 Å². The molecule has 0 aliphatic heterocycles. The predicted octanol–water partition coefficient (Wildman–Crippen LogP) is 5.87. The van der Waals surface area contributed by atoms with Gasteiger partial charge in [-0.05, 0) is 81.3 Å². The zero-order valence-corrected chi connectivity index (χ0v) is 22.1. The molecule has 0 heterocycles. The number of nitrogens with zero attached hydrogens (tertiary/aromatic N) is 1. The fraction of sp³-hybridized carbons (Fsp3) is 0.0870. The zero-order chi connectivity index (χ0) is 23.1. The second-order valence-electron chi connectivity index (χ2n) is 6.52. The van der Waals surface area contributed by atoms with Crippen LogP contribution in [0.3, 0.4) is 0 Å². The van der Waals surface area contributed by atoms with Crippen LogP contribution in [0, 0.1) is 10.5 Å². The molecule has 9 heteroatoms. The van der Waals surface area contributed by atoms with Crippen LogP contribution in [0.25, 0.3) is 0 Å². The minimum absolute atomic E-state index is 0.182. The van der Waals surface area contributed by atoms with E-state index in [2.05, 4.69) is 65.0 Å². The Morgan fingerprint density at radius 1 is 1.09 bits per heavy atom. The Kier molecular flexibility index (Phi) is 8.83. The Bertz CT molecular complexity index is 1180. The zero-order valence-electron chi connectivity index (χ0n) is 16.8. The molecule has 1 N–H and O–H groups in total. The molecular weight excluding hydrogens is 655 g/mol. The number of rotatable bonds is 7. The molecule has 0 unspecified atom stereocenters. The minimum atomic E-state index is -0.497. The number of aryl methyl sites for hydroxylation is 1. The van der Waals surface area contributed by atoms with E-state index in [1.165, 1.54) is 6.21 Å². The molecular formula is C23H17Br2IN2O4. The summed E-state index contributed by atoms with van der Waals surface area (Å²) in [6.07, 6.45) is 1.40. The molecule has 0 atom stereocenters. The van der Waals surface area contributed by atoms with E-state index in [1.807, 2.05) is 37.3 Å². The van der Waals surface area contributed by atoms with Crippen molar-refractivity contribution in [2.45, 2.75) is 6.92 Å². The minimum Gasteiger partial charge on any atom is -0.483 e. The van der Waals surface area contributed by atoms with Gasteiger partial charge in [-0.3, -0.25) is 4.79 Å². The lowest BCUT2D eigenvalue weighted by Gasteiger charge is -2.11. The lowest BCUT2D eigenvalue weighted by Crippen LogP contribution is -2.24. The molecule has 3 aromatic carbocycles. The number of amides is 1. The highest BCUT2D eigenvalue weighted by Gasteiger charge is 2.17. The van der Waals surface area contributed by atoms with Crippen LogP contribution in [0.1, 0.15) is 21.5 Å². The molecule has 0 aliphatic carbocycles. The lowest BCUT2D eigenvalue weighted by atomic mass is 10.2. The largest absolute Gasteiger partial charge is 0.483 e. The number of ether oxygens (including phenoxy) is 2. The number of benzene rings is 3. The van der Waals surface area contributed by atoms with Gasteiger partial charge in [0.25, 0.3) is 5.91 Å². The van der Waals surface area contributed by atoms with Gasteiger partial charge in [0, 0.05) is 13.6 Å². The number of hydrogen-bond donors (Lipinski definition) is 1. The average molecular weight is 672 g/mol. The third-order valence-corrected chi connectivity index (χ3v) is 6.16. The van der Waals surface area contributed by atoms with Gasteiger partial charge in [-0.25, -0.2) is 10.2 Å². The Labute approximate surface area is 215 Å². The van der Waals surface area contributed by atoms with E-state index in [9.17, 15) is 9.59 Å². The molecule has 0 aromatic heterocycles. The third kappa shape index (κ3) is 6.63. The van der Waals surface area contributed by atoms with Crippen molar-refractivity contribution in [1.82, 2.24) is 5.43 Å². The number of halogens is 3. The first kappa shape index (κ1) is 24.4. The number of nitrogens with one attached hydrogen (secondary N) is 1. The maximum Gasteiger partial charge on any atom is 0.344 e. The summed E-state index contributed by atoms with van der Waals surface area (Å²) in [6, 6.07) is 18.0. The van der Waals surface area contributed by atoms with E-state index < -0.39 is 11.9 Å². The molecule has 3 aromatic rings. The van der Waals surface area contributed by atoms with Gasteiger partial charge in [0.2, 0.25) is 0 Å². The number of carbonyl (C=O) groups is 2. The third-order valence-electron chi connectivity index (χ3n) is 4.17. The van der Waals surface area contributed by atoms with Crippen LogP contribution in [-0.4, -0.2) is 24.7 Å². The van der Waals surface area contributed by atoms with Crippen molar-refractivity contribution in [1.29, 1.82) is 0 Å². The second kappa shape index (κ2) is 11.6. The van der Waals surface area contributed by atoms with Gasteiger partial charge in [-0.15, -0.1) is 0 Å². The highest BCUT2D eigenvalue weighted by molar-refractivity contribution is 14.1. The Morgan fingerprint density at radius 2 is 1.81 bits per heavy atom. The molecule has 0 radical (unpaired) electrons. The highest BCUT2D eigenvalue weighted by Crippen LogP contribution is 2.33. The first-order valence-electron chi connectivity index (χ1n) is 9.31. The van der Waals surface area contributed by atoms with Crippen LogP contribution < -0.4 is 14.9 Å². The molecule has 0 bridgehead atoms. The molecule has 0 aliphatic rings. The summed E-state index contributed by atoms with van der Waals surface area (Å²) in [7, 11) is 0. The fourth-order valence-corrected chi connectivity index (χ4v) is 4.57. The molecule has 0 spiro atoms. The number of hydrazone groups is 1. The Hall–Kier alpha value is -2.24. The smallest absolute Gasteiger partial charge is 0.344 e. The summed E-state index contributed by atoms with van der Waals surface area (Å²) >= 11 is 8.90. The van der Waals surface area contributed by atoms with Crippen LogP contribution in [-0.2, 0) is 4.79 Å². The van der Waals surface area contributed by atoms with E-state index in [-0.39, 0.29) is 12.4 Å². The van der Waals surface area contributed by atoms with Crippen LogP contribution in [0.15, 0.2) is 74.7 Å². The van der Waals surface area contributed by atoms with Gasteiger partial charge in [0.05, 0.1) is 16.3 Å². The van der Waals surface area contributed by atoms with Crippen LogP contribution in [0.4, 0.5) is 0 Å². The van der Waals surface area contributed by atoms with E-state index >= 15 is 0 Å². The van der Waals surface area contributed by atoms with E-state index in [0.29, 0.717) is 21.3 Å². The monoisotopic (exact) mass is 670 g/mol. The summed E-state index contributed by atoms with van der Waals surface area (Å²) < 4.78 is 13.2. The van der Waals surface area contributed by atoms with Crippen molar-refractivity contribution >= 4 is 72.5 Å².